The van der Waals surface area contributed by atoms with Crippen molar-refractivity contribution in [1.82, 2.24) is 0 Å². The van der Waals surface area contributed by atoms with Crippen LogP contribution in [-0.2, 0) is 0 Å². The SMILES string of the molecule is CC(C)(Cl)C(F)F. The van der Waals surface area contributed by atoms with Crippen molar-refractivity contribution in [3.05, 3.63) is 0 Å². The summed E-state index contributed by atoms with van der Waals surface area (Å²) in [7, 11) is 0. The van der Waals surface area contributed by atoms with Crippen molar-refractivity contribution in [1.29, 1.82) is 0 Å². The van der Waals surface area contributed by atoms with Gasteiger partial charge in [0, 0.05) is 0 Å². The molecule has 7 heavy (non-hydrogen) atoms. The molecule has 44 valence electrons. The Bertz CT molecular complexity index is 55.2. The van der Waals surface area contributed by atoms with Crippen molar-refractivity contribution in [2.75, 3.05) is 0 Å². The Morgan fingerprint density at radius 1 is 1.43 bits per heavy atom. The Morgan fingerprint density at radius 2 is 1.57 bits per heavy atom. The zero-order valence-corrected chi connectivity index (χ0v) is 4.97. The largest absolute Gasteiger partial charge is 0.256 e. The second kappa shape index (κ2) is 1.95. The van der Waals surface area contributed by atoms with E-state index >= 15 is 0 Å². The van der Waals surface area contributed by atoms with Crippen molar-refractivity contribution in [3.63, 3.8) is 0 Å². The number of rotatable bonds is 1. The van der Waals surface area contributed by atoms with Gasteiger partial charge in [-0.25, -0.2) is 8.78 Å². The molecule has 0 unspecified atom stereocenters. The van der Waals surface area contributed by atoms with Crippen LogP contribution in [0.25, 0.3) is 0 Å². The lowest BCUT2D eigenvalue weighted by atomic mass is 10.2. The molecule has 0 aromatic heterocycles. The van der Waals surface area contributed by atoms with Crippen molar-refractivity contribution in [2.24, 2.45) is 0 Å². The molecule has 3 heteroatoms. The summed E-state index contributed by atoms with van der Waals surface area (Å²) >= 11 is 5.12. The number of alkyl halides is 3. The summed E-state index contributed by atoms with van der Waals surface area (Å²) in [5.74, 6) is 0. The van der Waals surface area contributed by atoms with Crippen LogP contribution in [-0.4, -0.2) is 11.3 Å². The average Bonchev–Trinajstić information content (AvgIpc) is 1.31. The molecule has 0 radical (unpaired) electrons. The Hall–Kier alpha value is 0.150. The van der Waals surface area contributed by atoms with Crippen molar-refractivity contribution < 1.29 is 8.78 Å². The van der Waals surface area contributed by atoms with Crippen LogP contribution in [0.4, 0.5) is 8.78 Å². The van der Waals surface area contributed by atoms with Crippen LogP contribution in [0, 0.1) is 0 Å². The minimum absolute atomic E-state index is 1.28. The van der Waals surface area contributed by atoms with Gasteiger partial charge in [-0.05, 0) is 13.8 Å². The zero-order valence-electron chi connectivity index (χ0n) is 4.21. The van der Waals surface area contributed by atoms with Crippen LogP contribution in [0.3, 0.4) is 0 Å². The summed E-state index contributed by atoms with van der Waals surface area (Å²) < 4.78 is 22.8. The lowest BCUT2D eigenvalue weighted by Gasteiger charge is -2.12. The molecule has 0 bridgehead atoms. The van der Waals surface area contributed by atoms with Crippen LogP contribution in [0.5, 0.6) is 0 Å². The van der Waals surface area contributed by atoms with E-state index in [0.717, 1.165) is 0 Å². The quantitative estimate of drug-likeness (QED) is 0.476. The molecule has 0 saturated carbocycles. The fourth-order valence-electron chi connectivity index (χ4n) is 0. The topological polar surface area (TPSA) is 0 Å². The molecule has 0 aromatic rings. The lowest BCUT2D eigenvalue weighted by molar-refractivity contribution is 0.110. The van der Waals surface area contributed by atoms with Crippen LogP contribution in [0.1, 0.15) is 13.8 Å². The van der Waals surface area contributed by atoms with Crippen molar-refractivity contribution >= 4 is 11.6 Å². The highest BCUT2D eigenvalue weighted by Gasteiger charge is 2.25. The van der Waals surface area contributed by atoms with E-state index in [9.17, 15) is 8.78 Å². The normalized spacial score (nSPS) is 12.9. The van der Waals surface area contributed by atoms with Gasteiger partial charge in [0.05, 0.1) is 4.87 Å². The summed E-state index contributed by atoms with van der Waals surface area (Å²) in [5, 5.41) is 0. The van der Waals surface area contributed by atoms with Gasteiger partial charge >= 0.3 is 0 Å². The fraction of sp³-hybridized carbons (Fsp3) is 1.00. The maximum absolute atomic E-state index is 11.4. The molecule has 0 spiro atoms. The van der Waals surface area contributed by atoms with Crippen LogP contribution in [0.15, 0.2) is 0 Å². The third-order valence-corrected chi connectivity index (χ3v) is 0.684. The highest BCUT2D eigenvalue weighted by molar-refractivity contribution is 6.23. The first-order chi connectivity index (χ1) is 2.94. The lowest BCUT2D eigenvalue weighted by Crippen LogP contribution is -2.21. The van der Waals surface area contributed by atoms with E-state index in [1.807, 2.05) is 0 Å². The predicted molar refractivity (Wildman–Crippen MR) is 25.9 cm³/mol. The Morgan fingerprint density at radius 3 is 1.57 bits per heavy atom. The second-order valence-electron chi connectivity index (χ2n) is 1.87. The second-order valence-corrected chi connectivity index (χ2v) is 2.84. The summed E-state index contributed by atoms with van der Waals surface area (Å²) in [6.07, 6.45) is -2.44. The molecule has 0 rings (SSSR count). The van der Waals surface area contributed by atoms with Crippen molar-refractivity contribution in [3.8, 4) is 0 Å². The summed E-state index contributed by atoms with van der Waals surface area (Å²) in [6, 6.07) is 0. The van der Waals surface area contributed by atoms with E-state index in [1.165, 1.54) is 13.8 Å². The highest BCUT2D eigenvalue weighted by Crippen LogP contribution is 2.21. The molecular formula is C4H7ClF2. The van der Waals surface area contributed by atoms with Gasteiger partial charge in [0.15, 0.2) is 0 Å². The molecule has 0 aliphatic carbocycles. The number of hydrogen-bond acceptors (Lipinski definition) is 0. The Kier molecular flexibility index (Phi) is 1.99. The third-order valence-electron chi connectivity index (χ3n) is 0.519. The van der Waals surface area contributed by atoms with Crippen LogP contribution < -0.4 is 0 Å². The van der Waals surface area contributed by atoms with Gasteiger partial charge in [0.1, 0.15) is 0 Å². The fourth-order valence-corrected chi connectivity index (χ4v) is 0. The van der Waals surface area contributed by atoms with E-state index in [1.54, 1.807) is 0 Å². The molecule has 0 atom stereocenters. The first-order valence-electron chi connectivity index (χ1n) is 1.91. The monoisotopic (exact) mass is 128 g/mol. The van der Waals surface area contributed by atoms with E-state index in [0.29, 0.717) is 0 Å². The van der Waals surface area contributed by atoms with E-state index in [-0.39, 0.29) is 0 Å². The van der Waals surface area contributed by atoms with E-state index in [2.05, 4.69) is 0 Å². The molecule has 0 heterocycles. The average molecular weight is 129 g/mol. The molecule has 0 aliphatic rings. The predicted octanol–water partition coefficient (Wildman–Crippen LogP) is 2.27. The molecular weight excluding hydrogens is 121 g/mol. The molecule has 0 nitrogen and oxygen atoms in total. The van der Waals surface area contributed by atoms with Crippen LogP contribution in [0.2, 0.25) is 0 Å². The molecule has 0 fully saturated rings. The van der Waals surface area contributed by atoms with Gasteiger partial charge in [-0.1, -0.05) is 0 Å². The van der Waals surface area contributed by atoms with Gasteiger partial charge in [-0.3, -0.25) is 0 Å². The van der Waals surface area contributed by atoms with E-state index in [4.69, 9.17) is 11.6 Å². The summed E-state index contributed by atoms with van der Waals surface area (Å²) in [4.78, 5) is -1.36. The summed E-state index contributed by atoms with van der Waals surface area (Å²) in [6.45, 7) is 2.55. The van der Waals surface area contributed by atoms with Gasteiger partial charge < -0.3 is 0 Å². The first-order valence-corrected chi connectivity index (χ1v) is 2.29. The maximum Gasteiger partial charge on any atom is 0.256 e. The molecule has 0 aliphatic heterocycles. The van der Waals surface area contributed by atoms with Gasteiger partial charge in [0.2, 0.25) is 0 Å². The van der Waals surface area contributed by atoms with Crippen molar-refractivity contribution in [2.45, 2.75) is 25.1 Å². The van der Waals surface area contributed by atoms with Gasteiger partial charge in [-0.15, -0.1) is 11.6 Å². The third kappa shape index (κ3) is 2.80. The van der Waals surface area contributed by atoms with Gasteiger partial charge in [0.25, 0.3) is 6.43 Å². The highest BCUT2D eigenvalue weighted by atomic mass is 35.5. The van der Waals surface area contributed by atoms with Crippen LogP contribution >= 0.6 is 11.6 Å². The summed E-state index contributed by atoms with van der Waals surface area (Å²) in [5.41, 5.74) is 0. The first kappa shape index (κ1) is 7.15. The minimum atomic E-state index is -2.44. The minimum Gasteiger partial charge on any atom is -0.209 e. The molecule has 0 amide bonds. The Labute approximate surface area is 46.5 Å². The Balaban J connectivity index is 3.54. The zero-order chi connectivity index (χ0) is 6.08. The number of hydrogen-bond donors (Lipinski definition) is 0. The maximum atomic E-state index is 11.4. The molecule has 0 saturated heterocycles. The standard InChI is InChI=1S/C4H7ClF2/c1-4(2,5)3(6)7/h3H,1-2H3. The number of halogens is 3. The molecule has 0 aromatic carbocycles. The smallest absolute Gasteiger partial charge is 0.209 e. The van der Waals surface area contributed by atoms with E-state index < -0.39 is 11.3 Å². The molecule has 0 N–H and O–H groups in total. The van der Waals surface area contributed by atoms with Gasteiger partial charge in [-0.2, -0.15) is 0 Å².